The van der Waals surface area contributed by atoms with Gasteiger partial charge < -0.3 is 0 Å². The van der Waals surface area contributed by atoms with Crippen molar-refractivity contribution >= 4 is 0 Å². The van der Waals surface area contributed by atoms with E-state index in [0.717, 1.165) is 5.92 Å². The molecule has 0 aromatic heterocycles. The Labute approximate surface area is 97.2 Å². The largest absolute Gasteiger partial charge is 0.0794 e. The minimum atomic E-state index is 0.425. The first kappa shape index (κ1) is 14.7. The Morgan fingerprint density at radius 3 is 2.13 bits per heavy atom. The lowest BCUT2D eigenvalue weighted by molar-refractivity contribution is 0.319. The van der Waals surface area contributed by atoms with E-state index >= 15 is 0 Å². The predicted molar refractivity (Wildman–Crippen MR) is 71.1 cm³/mol. The fourth-order valence-corrected chi connectivity index (χ4v) is 2.40. The topological polar surface area (TPSA) is 0 Å². The van der Waals surface area contributed by atoms with Crippen molar-refractivity contribution in [2.45, 2.75) is 73.6 Å². The van der Waals surface area contributed by atoms with Crippen LogP contribution < -0.4 is 0 Å². The summed E-state index contributed by atoms with van der Waals surface area (Å²) in [7, 11) is 0. The maximum absolute atomic E-state index is 2.57. The van der Waals surface area contributed by atoms with E-state index in [9.17, 15) is 0 Å². The lowest BCUT2D eigenvalue weighted by atomic mass is 9.77. The second-order valence-corrected chi connectivity index (χ2v) is 5.51. The Bertz CT molecular complexity index is 188. The van der Waals surface area contributed by atoms with E-state index in [-0.39, 0.29) is 0 Å². The van der Waals surface area contributed by atoms with E-state index < -0.39 is 0 Å². The molecule has 0 fully saturated rings. The number of hydrogen-bond donors (Lipinski definition) is 0. The molecule has 0 heterocycles. The fraction of sp³-hybridized carbons (Fsp3) is 0.867. The van der Waals surface area contributed by atoms with Gasteiger partial charge in [0, 0.05) is 0 Å². The van der Waals surface area contributed by atoms with Gasteiger partial charge in [-0.25, -0.2) is 0 Å². The molecule has 0 amide bonds. The summed E-state index contributed by atoms with van der Waals surface area (Å²) in [5.41, 5.74) is 2.08. The third-order valence-electron chi connectivity index (χ3n) is 3.26. The van der Waals surface area contributed by atoms with Gasteiger partial charge in [0.1, 0.15) is 0 Å². The quantitative estimate of drug-likeness (QED) is 0.481. The van der Waals surface area contributed by atoms with Crippen molar-refractivity contribution in [3.8, 4) is 0 Å². The Morgan fingerprint density at radius 1 is 1.20 bits per heavy atom. The fourth-order valence-electron chi connectivity index (χ4n) is 2.40. The van der Waals surface area contributed by atoms with Crippen LogP contribution in [0.5, 0.6) is 0 Å². The first-order valence-electron chi connectivity index (χ1n) is 6.68. The average Bonchev–Trinajstić information content (AvgIpc) is 2.16. The Kier molecular flexibility index (Phi) is 6.96. The van der Waals surface area contributed by atoms with Crippen molar-refractivity contribution in [2.75, 3.05) is 0 Å². The molecule has 0 radical (unpaired) electrons. The predicted octanol–water partition coefficient (Wildman–Crippen LogP) is 5.59. The summed E-state index contributed by atoms with van der Waals surface area (Å²) in [5, 5.41) is 0. The molecule has 1 atom stereocenters. The third kappa shape index (κ3) is 6.02. The van der Waals surface area contributed by atoms with Gasteiger partial charge in [-0.3, -0.25) is 0 Å². The average molecular weight is 210 g/mol. The summed E-state index contributed by atoms with van der Waals surface area (Å²) in [6.07, 6.45) is 8.93. The Morgan fingerprint density at radius 2 is 1.80 bits per heavy atom. The highest BCUT2D eigenvalue weighted by molar-refractivity contribution is 5.08. The van der Waals surface area contributed by atoms with Gasteiger partial charge in [-0.15, -0.1) is 0 Å². The Balaban J connectivity index is 4.62. The summed E-state index contributed by atoms with van der Waals surface area (Å²) in [6.45, 7) is 13.9. The molecule has 0 aliphatic rings. The molecule has 0 aliphatic carbocycles. The van der Waals surface area contributed by atoms with E-state index in [4.69, 9.17) is 0 Å². The molecule has 0 aliphatic heterocycles. The van der Waals surface area contributed by atoms with Crippen LogP contribution in [0.25, 0.3) is 0 Å². The van der Waals surface area contributed by atoms with Crippen LogP contribution in [0.4, 0.5) is 0 Å². The highest BCUT2D eigenvalue weighted by Crippen LogP contribution is 2.33. The molecule has 0 spiro atoms. The lowest BCUT2D eigenvalue weighted by Gasteiger charge is -2.28. The standard InChI is InChI=1S/C15H30/c1-7-10-14(8-2)12-15(6,9-3)11-13(4)5/h12-13H,7-11H2,1-6H3. The monoisotopic (exact) mass is 210 g/mol. The van der Waals surface area contributed by atoms with Crippen LogP contribution in [0.1, 0.15) is 73.6 Å². The van der Waals surface area contributed by atoms with Gasteiger partial charge in [0.2, 0.25) is 0 Å². The molecule has 0 bridgehead atoms. The second kappa shape index (κ2) is 7.09. The zero-order chi connectivity index (χ0) is 11.9. The van der Waals surface area contributed by atoms with E-state index in [0.29, 0.717) is 5.41 Å². The highest BCUT2D eigenvalue weighted by Gasteiger charge is 2.20. The van der Waals surface area contributed by atoms with Gasteiger partial charge >= 0.3 is 0 Å². The van der Waals surface area contributed by atoms with Gasteiger partial charge in [-0.05, 0) is 37.0 Å². The normalized spacial score (nSPS) is 16.9. The molecular weight excluding hydrogens is 180 g/mol. The molecule has 1 unspecified atom stereocenters. The molecule has 0 heteroatoms. The van der Waals surface area contributed by atoms with Gasteiger partial charge in [0.15, 0.2) is 0 Å². The number of allylic oxidation sites excluding steroid dienone is 2. The minimum absolute atomic E-state index is 0.425. The number of hydrogen-bond acceptors (Lipinski definition) is 0. The second-order valence-electron chi connectivity index (χ2n) is 5.51. The van der Waals surface area contributed by atoms with Crippen LogP contribution in [-0.4, -0.2) is 0 Å². The summed E-state index contributed by atoms with van der Waals surface area (Å²) < 4.78 is 0. The van der Waals surface area contributed by atoms with Crippen molar-refractivity contribution in [1.82, 2.24) is 0 Å². The van der Waals surface area contributed by atoms with Gasteiger partial charge in [-0.1, -0.05) is 59.6 Å². The van der Waals surface area contributed by atoms with Crippen molar-refractivity contribution in [2.24, 2.45) is 11.3 Å². The van der Waals surface area contributed by atoms with Crippen LogP contribution >= 0.6 is 0 Å². The van der Waals surface area contributed by atoms with Crippen molar-refractivity contribution < 1.29 is 0 Å². The molecule has 0 saturated carbocycles. The van der Waals surface area contributed by atoms with E-state index in [1.807, 2.05) is 0 Å². The van der Waals surface area contributed by atoms with E-state index in [2.05, 4.69) is 47.6 Å². The van der Waals surface area contributed by atoms with Crippen molar-refractivity contribution in [3.63, 3.8) is 0 Å². The van der Waals surface area contributed by atoms with Crippen LogP contribution in [-0.2, 0) is 0 Å². The smallest absolute Gasteiger partial charge is 0.0144 e. The maximum atomic E-state index is 2.57. The molecule has 0 saturated heterocycles. The molecule has 90 valence electrons. The summed E-state index contributed by atoms with van der Waals surface area (Å²) in [6, 6.07) is 0. The molecule has 0 rings (SSSR count). The van der Waals surface area contributed by atoms with Gasteiger partial charge in [0.25, 0.3) is 0 Å². The molecule has 0 aromatic rings. The van der Waals surface area contributed by atoms with Crippen LogP contribution in [0.2, 0.25) is 0 Å². The first-order chi connectivity index (χ1) is 6.97. The zero-order valence-electron chi connectivity index (χ0n) is 11.7. The summed E-state index contributed by atoms with van der Waals surface area (Å²) in [5.74, 6) is 0.797. The zero-order valence-corrected chi connectivity index (χ0v) is 11.7. The lowest BCUT2D eigenvalue weighted by Crippen LogP contribution is -2.15. The SMILES string of the molecule is CCCC(=CC(C)(CC)CC(C)C)CC. The molecular formula is C15H30. The molecule has 0 N–H and O–H groups in total. The molecule has 15 heavy (non-hydrogen) atoms. The minimum Gasteiger partial charge on any atom is -0.0794 e. The van der Waals surface area contributed by atoms with Gasteiger partial charge in [0.05, 0.1) is 0 Å². The van der Waals surface area contributed by atoms with Crippen LogP contribution in [0.15, 0.2) is 11.6 Å². The third-order valence-corrected chi connectivity index (χ3v) is 3.26. The van der Waals surface area contributed by atoms with Crippen LogP contribution in [0.3, 0.4) is 0 Å². The van der Waals surface area contributed by atoms with Crippen molar-refractivity contribution in [3.05, 3.63) is 11.6 Å². The summed E-state index contributed by atoms with van der Waals surface area (Å²) >= 11 is 0. The molecule has 0 nitrogen and oxygen atoms in total. The van der Waals surface area contributed by atoms with Gasteiger partial charge in [-0.2, -0.15) is 0 Å². The highest BCUT2D eigenvalue weighted by atomic mass is 14.3. The maximum Gasteiger partial charge on any atom is -0.0144 e. The van der Waals surface area contributed by atoms with Crippen molar-refractivity contribution in [1.29, 1.82) is 0 Å². The first-order valence-corrected chi connectivity index (χ1v) is 6.68. The van der Waals surface area contributed by atoms with Crippen LogP contribution in [0, 0.1) is 11.3 Å². The van der Waals surface area contributed by atoms with E-state index in [1.54, 1.807) is 5.57 Å². The number of rotatable bonds is 7. The van der Waals surface area contributed by atoms with E-state index in [1.165, 1.54) is 32.1 Å². The Hall–Kier alpha value is -0.260. The summed E-state index contributed by atoms with van der Waals surface area (Å²) in [4.78, 5) is 0. The molecule has 0 aromatic carbocycles.